The van der Waals surface area contributed by atoms with Crippen LogP contribution in [0.2, 0.25) is 0 Å². The van der Waals surface area contributed by atoms with Crippen LogP contribution in [-0.4, -0.2) is 63.5 Å². The number of rotatable bonds is 6. The lowest BCUT2D eigenvalue weighted by Gasteiger charge is -2.49. The Bertz CT molecular complexity index is 965. The first-order chi connectivity index (χ1) is 17.4. The lowest BCUT2D eigenvalue weighted by molar-refractivity contribution is -0.299. The normalized spacial score (nSPS) is 23.3. The predicted octanol–water partition coefficient (Wildman–Crippen LogP) is 4.90. The van der Waals surface area contributed by atoms with Crippen LogP contribution in [0.1, 0.15) is 86.6 Å². The Labute approximate surface area is 226 Å². The van der Waals surface area contributed by atoms with Crippen molar-refractivity contribution in [2.45, 2.75) is 115 Å². The molecule has 2 aliphatic rings. The van der Waals surface area contributed by atoms with Crippen molar-refractivity contribution in [3.63, 3.8) is 0 Å². The Hall–Kier alpha value is -2.46. The molecule has 1 aromatic rings. The Morgan fingerprint density at radius 3 is 1.37 bits per heavy atom. The zero-order valence-electron chi connectivity index (χ0n) is 24.1. The lowest BCUT2D eigenvalue weighted by Crippen LogP contribution is -2.60. The van der Waals surface area contributed by atoms with E-state index < -0.39 is 46.3 Å². The van der Waals surface area contributed by atoms with Gasteiger partial charge in [-0.3, -0.25) is 0 Å². The molecule has 0 saturated carbocycles. The van der Waals surface area contributed by atoms with Gasteiger partial charge in [-0.05, 0) is 79.2 Å². The number of hydrogen-bond donors (Lipinski definition) is 0. The van der Waals surface area contributed by atoms with Gasteiger partial charge in [-0.25, -0.2) is 9.59 Å². The minimum absolute atomic E-state index is 0.240. The van der Waals surface area contributed by atoms with Crippen LogP contribution in [0.15, 0.2) is 29.8 Å². The molecule has 0 amide bonds. The minimum atomic E-state index is -0.804. The van der Waals surface area contributed by atoms with Gasteiger partial charge in [-0.1, -0.05) is 12.1 Å². The molecule has 3 rings (SSSR count). The molecule has 0 N–H and O–H groups in total. The third-order valence-electron chi connectivity index (χ3n) is 7.52. The molecule has 9 heteroatoms. The van der Waals surface area contributed by atoms with Crippen LogP contribution in [0, 0.1) is 0 Å². The summed E-state index contributed by atoms with van der Waals surface area (Å²) in [5.74, 6) is -0.973. The number of esters is 2. The topological polar surface area (TPSA) is 108 Å². The largest absolute Gasteiger partial charge is 0.497 e. The summed E-state index contributed by atoms with van der Waals surface area (Å²) in [6, 6.07) is 6.90. The van der Waals surface area contributed by atoms with Crippen molar-refractivity contribution in [2.75, 3.05) is 7.11 Å². The van der Waals surface area contributed by atoms with Crippen molar-refractivity contribution in [1.82, 2.24) is 10.1 Å². The highest BCUT2D eigenvalue weighted by Gasteiger charge is 2.49. The molecule has 9 nitrogen and oxygen atoms in total. The molecule has 2 fully saturated rings. The van der Waals surface area contributed by atoms with E-state index in [1.807, 2.05) is 55.4 Å². The van der Waals surface area contributed by atoms with Gasteiger partial charge in [0, 0.05) is 47.8 Å². The van der Waals surface area contributed by atoms with Gasteiger partial charge in [0.15, 0.2) is 0 Å². The monoisotopic (exact) mass is 530 g/mol. The molecule has 210 valence electrons. The van der Waals surface area contributed by atoms with E-state index in [-0.39, 0.29) is 5.57 Å². The van der Waals surface area contributed by atoms with Gasteiger partial charge in [0.2, 0.25) is 0 Å². The summed E-state index contributed by atoms with van der Waals surface area (Å²) in [4.78, 5) is 26.9. The van der Waals surface area contributed by atoms with E-state index in [9.17, 15) is 20.0 Å². The number of carbonyl (C=O) groups excluding carboxylic acids is 2. The van der Waals surface area contributed by atoms with Crippen LogP contribution in [-0.2, 0) is 29.5 Å². The first-order valence-corrected chi connectivity index (χ1v) is 13.1. The molecule has 2 aliphatic heterocycles. The van der Waals surface area contributed by atoms with Gasteiger partial charge in [0.25, 0.3) is 0 Å². The van der Waals surface area contributed by atoms with Crippen molar-refractivity contribution < 1.29 is 34.2 Å². The molecule has 0 bridgehead atoms. The number of hydroxylamine groups is 4. The van der Waals surface area contributed by atoms with Gasteiger partial charge in [0.1, 0.15) is 23.5 Å². The zero-order chi connectivity index (χ0) is 28.7. The van der Waals surface area contributed by atoms with E-state index in [4.69, 9.17) is 14.2 Å². The summed E-state index contributed by atoms with van der Waals surface area (Å²) in [6.45, 7) is 14.5. The van der Waals surface area contributed by atoms with Crippen molar-refractivity contribution in [3.8, 4) is 5.75 Å². The third kappa shape index (κ3) is 6.57. The average Bonchev–Trinajstić information content (AvgIpc) is 2.78. The minimum Gasteiger partial charge on any atom is -0.497 e. The van der Waals surface area contributed by atoms with Gasteiger partial charge in [-0.15, -0.1) is 20.5 Å². The predicted molar refractivity (Wildman–Crippen MR) is 141 cm³/mol. The first kappa shape index (κ1) is 30.1. The van der Waals surface area contributed by atoms with E-state index in [1.54, 1.807) is 31.4 Å². The van der Waals surface area contributed by atoms with E-state index in [0.717, 1.165) is 10.1 Å². The fourth-order valence-corrected chi connectivity index (χ4v) is 6.01. The second kappa shape index (κ2) is 10.6. The molecule has 0 unspecified atom stereocenters. The number of nitrogens with zero attached hydrogens (tertiary/aromatic N) is 2. The van der Waals surface area contributed by atoms with Crippen LogP contribution in [0.4, 0.5) is 0 Å². The van der Waals surface area contributed by atoms with Crippen molar-refractivity contribution in [3.05, 3.63) is 35.4 Å². The molecule has 2 radical (unpaired) electrons. The molecular formula is C29H42N2O7. The molecule has 0 aromatic heterocycles. The van der Waals surface area contributed by atoms with Crippen LogP contribution in [0.5, 0.6) is 5.75 Å². The van der Waals surface area contributed by atoms with Gasteiger partial charge < -0.3 is 14.2 Å². The van der Waals surface area contributed by atoms with E-state index in [1.165, 1.54) is 6.08 Å². The Morgan fingerprint density at radius 1 is 0.711 bits per heavy atom. The van der Waals surface area contributed by atoms with Crippen molar-refractivity contribution in [2.24, 2.45) is 0 Å². The zero-order valence-corrected chi connectivity index (χ0v) is 24.1. The number of piperidine rings is 2. The number of ether oxygens (including phenoxy) is 3. The van der Waals surface area contributed by atoms with Crippen LogP contribution in [0.3, 0.4) is 0 Å². The van der Waals surface area contributed by atoms with Crippen molar-refractivity contribution in [1.29, 1.82) is 0 Å². The van der Waals surface area contributed by atoms with Crippen molar-refractivity contribution >= 4 is 18.0 Å². The highest BCUT2D eigenvalue weighted by atomic mass is 16.6. The third-order valence-corrected chi connectivity index (χ3v) is 7.52. The summed E-state index contributed by atoms with van der Waals surface area (Å²) < 4.78 is 16.9. The summed E-state index contributed by atoms with van der Waals surface area (Å²) in [7, 11) is 1.55. The fraction of sp³-hybridized carbons (Fsp3) is 0.655. The summed E-state index contributed by atoms with van der Waals surface area (Å²) >= 11 is 0. The molecule has 2 saturated heterocycles. The number of methoxy groups -OCH3 is 1. The van der Waals surface area contributed by atoms with Gasteiger partial charge in [-0.2, -0.15) is 0 Å². The van der Waals surface area contributed by atoms with Gasteiger partial charge >= 0.3 is 11.9 Å². The quantitative estimate of drug-likeness (QED) is 0.223. The molecule has 0 spiro atoms. The molecule has 1 aromatic carbocycles. The Kier molecular flexibility index (Phi) is 8.39. The number of carbonyl (C=O) groups is 2. The van der Waals surface area contributed by atoms with Crippen LogP contribution < -0.4 is 4.74 Å². The maximum Gasteiger partial charge on any atom is 0.345 e. The maximum atomic E-state index is 13.5. The highest BCUT2D eigenvalue weighted by Crippen LogP contribution is 2.40. The van der Waals surface area contributed by atoms with Gasteiger partial charge in [0.05, 0.1) is 7.11 Å². The number of hydrogen-bond acceptors (Lipinski definition) is 7. The molecule has 2 heterocycles. The second-order valence-electron chi connectivity index (χ2n) is 13.0. The van der Waals surface area contributed by atoms with E-state index in [0.29, 0.717) is 37.0 Å². The molecule has 38 heavy (non-hydrogen) atoms. The van der Waals surface area contributed by atoms with Crippen LogP contribution >= 0.6 is 0 Å². The molecule has 0 aliphatic carbocycles. The maximum absolute atomic E-state index is 13.5. The SMILES string of the molecule is COc1ccc(C=C(C(=O)OC2CC(C)(C)N([O])C(C)(C)C2)C(=O)OC2CC(C)(C)N([O])C(C)(C)C2)cc1. The molecular weight excluding hydrogens is 488 g/mol. The highest BCUT2D eigenvalue weighted by molar-refractivity contribution is 6.17. The Balaban J connectivity index is 1.88. The Morgan fingerprint density at radius 2 is 1.05 bits per heavy atom. The van der Waals surface area contributed by atoms with E-state index in [2.05, 4.69) is 0 Å². The summed E-state index contributed by atoms with van der Waals surface area (Å²) in [5.41, 5.74) is -2.60. The first-order valence-electron chi connectivity index (χ1n) is 13.1. The van der Waals surface area contributed by atoms with Crippen LogP contribution in [0.25, 0.3) is 6.08 Å². The molecule has 0 atom stereocenters. The summed E-state index contributed by atoms with van der Waals surface area (Å²) in [5, 5.41) is 27.6. The number of benzene rings is 1. The summed E-state index contributed by atoms with van der Waals surface area (Å²) in [6.07, 6.45) is 1.68. The fourth-order valence-electron chi connectivity index (χ4n) is 6.01. The van der Waals surface area contributed by atoms with E-state index >= 15 is 0 Å². The standard InChI is InChI=1S/C29H42N2O7/c1-26(2)15-21(16-27(3,4)30(26)34)37-24(32)23(14-19-10-12-20(36-9)13-11-19)25(33)38-22-17-28(5,6)31(35)29(7,8)18-22/h10-14,21-22H,15-18H2,1-9H3. The second-order valence-corrected chi connectivity index (χ2v) is 13.0. The lowest BCUT2D eigenvalue weighted by atomic mass is 9.80. The smallest absolute Gasteiger partial charge is 0.345 e. The average molecular weight is 531 g/mol.